The number of aromatic hydroxyl groups is 1. The largest absolute Gasteiger partial charge is 0.504 e. The van der Waals surface area contributed by atoms with Gasteiger partial charge in [0.1, 0.15) is 5.56 Å². The van der Waals surface area contributed by atoms with E-state index in [-0.39, 0.29) is 6.07 Å². The number of carbonyl (C=O) groups excluding carboxylic acids is 1. The van der Waals surface area contributed by atoms with Gasteiger partial charge in [0.05, 0.1) is 7.11 Å². The molecule has 0 aliphatic rings. The van der Waals surface area contributed by atoms with Gasteiger partial charge in [-0.25, -0.2) is 18.0 Å². The van der Waals surface area contributed by atoms with E-state index in [4.69, 9.17) is 5.11 Å². The van der Waals surface area contributed by atoms with Crippen LogP contribution in [0.5, 0.6) is 5.75 Å². The molecule has 1 aromatic rings. The smallest absolute Gasteiger partial charge is 0.344 e. The van der Waals surface area contributed by atoms with E-state index in [9.17, 15) is 18.0 Å². The van der Waals surface area contributed by atoms with Crippen LogP contribution in [0.25, 0.3) is 0 Å². The number of hydrogen-bond donors (Lipinski definition) is 1. The van der Waals surface area contributed by atoms with Crippen molar-refractivity contribution >= 4 is 5.97 Å². The molecule has 0 aromatic heterocycles. The normalized spacial score (nSPS) is 10.0. The van der Waals surface area contributed by atoms with Crippen molar-refractivity contribution in [1.82, 2.24) is 0 Å². The second kappa shape index (κ2) is 3.57. The van der Waals surface area contributed by atoms with E-state index in [1.807, 2.05) is 0 Å². The number of phenolic OH excluding ortho intramolecular Hbond substituents is 1. The van der Waals surface area contributed by atoms with Crippen LogP contribution in [0.2, 0.25) is 0 Å². The van der Waals surface area contributed by atoms with Gasteiger partial charge in [0.2, 0.25) is 0 Å². The molecule has 3 nitrogen and oxygen atoms in total. The molecule has 0 aliphatic carbocycles. The zero-order valence-electron chi connectivity index (χ0n) is 6.97. The number of ether oxygens (including phenoxy) is 1. The number of halogens is 3. The maximum absolute atomic E-state index is 12.9. The molecule has 0 amide bonds. The van der Waals surface area contributed by atoms with Gasteiger partial charge in [0, 0.05) is 6.07 Å². The molecule has 1 aromatic carbocycles. The Hall–Kier alpha value is -1.72. The lowest BCUT2D eigenvalue weighted by Gasteiger charge is -2.05. The number of hydrogen-bond acceptors (Lipinski definition) is 3. The van der Waals surface area contributed by atoms with Crippen LogP contribution in [0.3, 0.4) is 0 Å². The Kier molecular flexibility index (Phi) is 2.64. The Balaban J connectivity index is 3.47. The van der Waals surface area contributed by atoms with Crippen LogP contribution in [0, 0.1) is 17.5 Å². The molecule has 0 heterocycles. The summed E-state index contributed by atoms with van der Waals surface area (Å²) in [6.07, 6.45) is 0. The molecule has 0 bridgehead atoms. The summed E-state index contributed by atoms with van der Waals surface area (Å²) in [4.78, 5) is 10.8. The van der Waals surface area contributed by atoms with Crippen LogP contribution in [0.1, 0.15) is 10.4 Å². The Labute approximate surface area is 76.7 Å². The standard InChI is InChI=1S/C8H5F3O3/c1-14-8(13)5-6(11)3(9)2-4(10)7(5)12/h2,12H,1H3. The van der Waals surface area contributed by atoms with Crippen molar-refractivity contribution in [3.05, 3.63) is 29.1 Å². The minimum Gasteiger partial charge on any atom is -0.504 e. The zero-order valence-corrected chi connectivity index (χ0v) is 6.97. The van der Waals surface area contributed by atoms with Gasteiger partial charge < -0.3 is 9.84 Å². The summed E-state index contributed by atoms with van der Waals surface area (Å²) in [5.74, 6) is -7.25. The molecule has 0 spiro atoms. The van der Waals surface area contributed by atoms with Gasteiger partial charge in [-0.05, 0) is 0 Å². The monoisotopic (exact) mass is 206 g/mol. The van der Waals surface area contributed by atoms with Gasteiger partial charge in [-0.15, -0.1) is 0 Å². The minimum atomic E-state index is -1.64. The highest BCUT2D eigenvalue weighted by Gasteiger charge is 2.24. The molecule has 0 fully saturated rings. The average molecular weight is 206 g/mol. The molecule has 0 radical (unpaired) electrons. The van der Waals surface area contributed by atoms with Gasteiger partial charge in [0.15, 0.2) is 23.2 Å². The first-order valence-corrected chi connectivity index (χ1v) is 3.43. The SMILES string of the molecule is COC(=O)c1c(O)c(F)cc(F)c1F. The summed E-state index contributed by atoms with van der Waals surface area (Å²) in [7, 11) is 0.893. The van der Waals surface area contributed by atoms with Crippen molar-refractivity contribution in [1.29, 1.82) is 0 Å². The third-order valence-corrected chi connectivity index (χ3v) is 1.54. The minimum absolute atomic E-state index is 0.136. The maximum atomic E-state index is 12.9. The van der Waals surface area contributed by atoms with Crippen molar-refractivity contribution in [3.8, 4) is 5.75 Å². The summed E-state index contributed by atoms with van der Waals surface area (Å²) in [6.45, 7) is 0. The number of methoxy groups -OCH3 is 1. The molecule has 76 valence electrons. The van der Waals surface area contributed by atoms with E-state index >= 15 is 0 Å². The van der Waals surface area contributed by atoms with Crippen LogP contribution in [-0.4, -0.2) is 18.2 Å². The molecular weight excluding hydrogens is 201 g/mol. The first-order chi connectivity index (χ1) is 6.49. The molecule has 0 unspecified atom stereocenters. The molecule has 1 rings (SSSR count). The summed E-state index contributed by atoms with van der Waals surface area (Å²) in [5.41, 5.74) is -1.15. The third-order valence-electron chi connectivity index (χ3n) is 1.54. The highest BCUT2D eigenvalue weighted by molar-refractivity contribution is 5.92. The van der Waals surface area contributed by atoms with E-state index in [1.165, 1.54) is 0 Å². The molecule has 0 saturated carbocycles. The van der Waals surface area contributed by atoms with Crippen LogP contribution < -0.4 is 0 Å². The van der Waals surface area contributed by atoms with E-state index < -0.39 is 34.7 Å². The molecule has 6 heteroatoms. The first-order valence-electron chi connectivity index (χ1n) is 3.43. The topological polar surface area (TPSA) is 46.5 Å². The predicted octanol–water partition coefficient (Wildman–Crippen LogP) is 1.60. The summed E-state index contributed by atoms with van der Waals surface area (Å²) in [6, 6.07) is 0.136. The second-order valence-corrected chi connectivity index (χ2v) is 2.37. The van der Waals surface area contributed by atoms with Crippen molar-refractivity contribution in [3.63, 3.8) is 0 Å². The highest BCUT2D eigenvalue weighted by Crippen LogP contribution is 2.26. The Bertz CT molecular complexity index is 364. The van der Waals surface area contributed by atoms with Gasteiger partial charge in [-0.2, -0.15) is 0 Å². The highest BCUT2D eigenvalue weighted by atomic mass is 19.2. The number of carbonyl (C=O) groups is 1. The van der Waals surface area contributed by atoms with Crippen LogP contribution in [-0.2, 0) is 4.74 Å². The van der Waals surface area contributed by atoms with Crippen molar-refractivity contribution in [2.75, 3.05) is 7.11 Å². The zero-order chi connectivity index (χ0) is 10.9. The van der Waals surface area contributed by atoms with E-state index in [0.717, 1.165) is 7.11 Å². The lowest BCUT2D eigenvalue weighted by molar-refractivity contribution is 0.0589. The first kappa shape index (κ1) is 10.4. The van der Waals surface area contributed by atoms with Crippen molar-refractivity contribution in [2.45, 2.75) is 0 Å². The van der Waals surface area contributed by atoms with Crippen molar-refractivity contribution < 1.29 is 27.8 Å². The van der Waals surface area contributed by atoms with E-state index in [1.54, 1.807) is 0 Å². The fourth-order valence-corrected chi connectivity index (χ4v) is 0.874. The van der Waals surface area contributed by atoms with Crippen molar-refractivity contribution in [2.24, 2.45) is 0 Å². The Morgan fingerprint density at radius 1 is 1.36 bits per heavy atom. The number of rotatable bonds is 1. The predicted molar refractivity (Wildman–Crippen MR) is 39.3 cm³/mol. The number of esters is 1. The van der Waals surface area contributed by atoms with Gasteiger partial charge in [-0.3, -0.25) is 0 Å². The lowest BCUT2D eigenvalue weighted by Crippen LogP contribution is -2.07. The second-order valence-electron chi connectivity index (χ2n) is 2.37. The van der Waals surface area contributed by atoms with Crippen LogP contribution in [0.4, 0.5) is 13.2 Å². The fourth-order valence-electron chi connectivity index (χ4n) is 0.874. The van der Waals surface area contributed by atoms with E-state index in [0.29, 0.717) is 0 Å². The quantitative estimate of drug-likeness (QED) is 0.560. The molecule has 0 aliphatic heterocycles. The summed E-state index contributed by atoms with van der Waals surface area (Å²) < 4.78 is 42.1. The summed E-state index contributed by atoms with van der Waals surface area (Å²) >= 11 is 0. The van der Waals surface area contributed by atoms with Gasteiger partial charge >= 0.3 is 5.97 Å². The van der Waals surface area contributed by atoms with Gasteiger partial charge in [0.25, 0.3) is 0 Å². The van der Waals surface area contributed by atoms with E-state index in [2.05, 4.69) is 4.74 Å². The van der Waals surface area contributed by atoms with Gasteiger partial charge in [-0.1, -0.05) is 0 Å². The van der Waals surface area contributed by atoms with Crippen LogP contribution in [0.15, 0.2) is 6.07 Å². The number of phenols is 1. The third kappa shape index (κ3) is 1.50. The maximum Gasteiger partial charge on any atom is 0.344 e. The summed E-state index contributed by atoms with van der Waals surface area (Å²) in [5, 5.41) is 8.92. The fraction of sp³-hybridized carbons (Fsp3) is 0.125. The molecular formula is C8H5F3O3. The Morgan fingerprint density at radius 3 is 2.43 bits per heavy atom. The average Bonchev–Trinajstić information content (AvgIpc) is 2.15. The Morgan fingerprint density at radius 2 is 1.93 bits per heavy atom. The lowest BCUT2D eigenvalue weighted by atomic mass is 10.1. The number of benzene rings is 1. The van der Waals surface area contributed by atoms with Crippen LogP contribution >= 0.6 is 0 Å². The molecule has 0 atom stereocenters. The molecule has 14 heavy (non-hydrogen) atoms. The molecule has 1 N–H and O–H groups in total. The molecule has 0 saturated heterocycles.